The minimum atomic E-state index is -2.01. The van der Waals surface area contributed by atoms with Crippen LogP contribution in [-0.4, -0.2) is 22.2 Å². The average Bonchev–Trinajstić information content (AvgIpc) is 2.71. The molecule has 1 atom stereocenters. The molecule has 0 bridgehead atoms. The zero-order valence-electron chi connectivity index (χ0n) is 13.9. The van der Waals surface area contributed by atoms with Crippen LogP contribution in [0.25, 0.3) is 0 Å². The van der Waals surface area contributed by atoms with Crippen molar-refractivity contribution in [1.82, 2.24) is 0 Å². The fourth-order valence-corrected chi connectivity index (χ4v) is 4.69. The standard InChI is InChI=1S/C20H20O4/c1-18(2)14-11-7-8-12-15(14)19(3,13-9-5-4-6-10-13)20(18,16(21)22)17(23)24/h4-12H,1-3H3,(H,21,22)(H,23,24). The molecule has 1 aliphatic carbocycles. The number of rotatable bonds is 3. The van der Waals surface area contributed by atoms with Crippen LogP contribution in [0.15, 0.2) is 54.6 Å². The molecule has 0 amide bonds. The van der Waals surface area contributed by atoms with E-state index in [2.05, 4.69) is 0 Å². The third-order valence-electron chi connectivity index (χ3n) is 5.82. The monoisotopic (exact) mass is 324 g/mol. The van der Waals surface area contributed by atoms with Gasteiger partial charge in [-0.05, 0) is 23.6 Å². The van der Waals surface area contributed by atoms with Crippen molar-refractivity contribution < 1.29 is 19.8 Å². The Morgan fingerprint density at radius 1 is 0.750 bits per heavy atom. The van der Waals surface area contributed by atoms with E-state index in [0.29, 0.717) is 5.56 Å². The smallest absolute Gasteiger partial charge is 0.323 e. The quantitative estimate of drug-likeness (QED) is 0.848. The summed E-state index contributed by atoms with van der Waals surface area (Å²) in [4.78, 5) is 24.9. The van der Waals surface area contributed by atoms with Crippen molar-refractivity contribution in [2.75, 3.05) is 0 Å². The highest BCUT2D eigenvalue weighted by Crippen LogP contribution is 2.64. The molecule has 0 saturated heterocycles. The number of carboxylic acids is 2. The summed E-state index contributed by atoms with van der Waals surface area (Å²) in [5, 5.41) is 20.3. The first-order valence-corrected chi connectivity index (χ1v) is 7.84. The Hall–Kier alpha value is -2.62. The normalized spacial score (nSPS) is 23.5. The molecule has 2 aromatic rings. The Balaban J connectivity index is 2.52. The highest BCUT2D eigenvalue weighted by molar-refractivity contribution is 6.05. The number of carboxylic acid groups (broad SMARTS) is 2. The van der Waals surface area contributed by atoms with Gasteiger partial charge in [0.2, 0.25) is 0 Å². The largest absolute Gasteiger partial charge is 0.480 e. The number of aliphatic carboxylic acids is 2. The minimum absolute atomic E-state index is 0.688. The highest BCUT2D eigenvalue weighted by atomic mass is 16.4. The Bertz CT molecular complexity index is 809. The van der Waals surface area contributed by atoms with Crippen LogP contribution in [0.3, 0.4) is 0 Å². The topological polar surface area (TPSA) is 74.6 Å². The minimum Gasteiger partial charge on any atom is -0.480 e. The van der Waals surface area contributed by atoms with E-state index >= 15 is 0 Å². The number of carbonyl (C=O) groups is 2. The van der Waals surface area contributed by atoms with Crippen LogP contribution >= 0.6 is 0 Å². The summed E-state index contributed by atoms with van der Waals surface area (Å²) in [7, 11) is 0. The summed E-state index contributed by atoms with van der Waals surface area (Å²) in [5.41, 5.74) is -2.07. The van der Waals surface area contributed by atoms with E-state index in [-0.39, 0.29) is 0 Å². The molecule has 1 aliphatic rings. The first kappa shape index (κ1) is 16.2. The van der Waals surface area contributed by atoms with Gasteiger partial charge in [0.05, 0.1) is 0 Å². The second kappa shape index (κ2) is 4.94. The summed E-state index contributed by atoms with van der Waals surface area (Å²) in [6, 6.07) is 16.4. The summed E-state index contributed by atoms with van der Waals surface area (Å²) in [6.07, 6.45) is 0. The molecule has 2 aromatic carbocycles. The molecular weight excluding hydrogens is 304 g/mol. The lowest BCUT2D eigenvalue weighted by atomic mass is 9.54. The number of fused-ring (bicyclic) bond motifs is 1. The van der Waals surface area contributed by atoms with Crippen LogP contribution in [0.2, 0.25) is 0 Å². The van der Waals surface area contributed by atoms with Crippen molar-refractivity contribution >= 4 is 11.9 Å². The molecule has 3 rings (SSSR count). The molecule has 1 unspecified atom stereocenters. The van der Waals surface area contributed by atoms with E-state index in [0.717, 1.165) is 11.1 Å². The Morgan fingerprint density at radius 2 is 1.21 bits per heavy atom. The summed E-state index contributed by atoms with van der Waals surface area (Å²) in [5.74, 6) is -2.63. The molecule has 0 spiro atoms. The second-order valence-corrected chi connectivity index (χ2v) is 7.02. The lowest BCUT2D eigenvalue weighted by molar-refractivity contribution is -0.174. The maximum absolute atomic E-state index is 12.5. The van der Waals surface area contributed by atoms with E-state index in [9.17, 15) is 19.8 Å². The average molecular weight is 324 g/mol. The highest BCUT2D eigenvalue weighted by Gasteiger charge is 2.74. The first-order valence-electron chi connectivity index (χ1n) is 7.84. The van der Waals surface area contributed by atoms with E-state index in [1.54, 1.807) is 32.9 Å². The predicted molar refractivity (Wildman–Crippen MR) is 90.1 cm³/mol. The maximum Gasteiger partial charge on any atom is 0.323 e. The van der Waals surface area contributed by atoms with Crippen molar-refractivity contribution in [1.29, 1.82) is 0 Å². The van der Waals surface area contributed by atoms with Crippen molar-refractivity contribution in [2.24, 2.45) is 5.41 Å². The van der Waals surface area contributed by atoms with Gasteiger partial charge in [0.25, 0.3) is 0 Å². The van der Waals surface area contributed by atoms with Crippen LogP contribution < -0.4 is 0 Å². The van der Waals surface area contributed by atoms with Gasteiger partial charge in [0.15, 0.2) is 5.41 Å². The van der Waals surface area contributed by atoms with Crippen LogP contribution in [-0.2, 0) is 20.4 Å². The van der Waals surface area contributed by atoms with Gasteiger partial charge in [0, 0.05) is 10.8 Å². The van der Waals surface area contributed by atoms with Gasteiger partial charge in [0.1, 0.15) is 0 Å². The van der Waals surface area contributed by atoms with Gasteiger partial charge in [-0.25, -0.2) is 0 Å². The van der Waals surface area contributed by atoms with Crippen molar-refractivity contribution in [2.45, 2.75) is 31.6 Å². The molecular formula is C20H20O4. The summed E-state index contributed by atoms with van der Waals surface area (Å²) in [6.45, 7) is 5.16. The Morgan fingerprint density at radius 3 is 1.71 bits per heavy atom. The van der Waals surface area contributed by atoms with Gasteiger partial charge < -0.3 is 10.2 Å². The predicted octanol–water partition coefficient (Wildman–Crippen LogP) is 3.44. The molecule has 4 heteroatoms. The molecule has 0 aliphatic heterocycles. The maximum atomic E-state index is 12.5. The molecule has 4 nitrogen and oxygen atoms in total. The van der Waals surface area contributed by atoms with Crippen molar-refractivity contribution in [3.63, 3.8) is 0 Å². The van der Waals surface area contributed by atoms with Crippen LogP contribution in [0.5, 0.6) is 0 Å². The van der Waals surface area contributed by atoms with Gasteiger partial charge in [-0.2, -0.15) is 0 Å². The zero-order chi connectivity index (χ0) is 17.8. The lowest BCUT2D eigenvalue weighted by Gasteiger charge is -2.44. The van der Waals surface area contributed by atoms with Crippen molar-refractivity contribution in [3.05, 3.63) is 71.3 Å². The van der Waals surface area contributed by atoms with Gasteiger partial charge >= 0.3 is 11.9 Å². The number of hydrogen-bond acceptors (Lipinski definition) is 2. The van der Waals surface area contributed by atoms with Gasteiger partial charge in [-0.1, -0.05) is 68.4 Å². The Kier molecular flexibility index (Phi) is 3.34. The van der Waals surface area contributed by atoms with E-state index in [1.165, 1.54) is 0 Å². The second-order valence-electron chi connectivity index (χ2n) is 7.02. The first-order chi connectivity index (χ1) is 11.2. The Labute approximate surface area is 140 Å². The molecule has 124 valence electrons. The van der Waals surface area contributed by atoms with Crippen LogP contribution in [0.4, 0.5) is 0 Å². The third kappa shape index (κ3) is 1.58. The van der Waals surface area contributed by atoms with E-state index in [4.69, 9.17) is 0 Å². The van der Waals surface area contributed by atoms with Gasteiger partial charge in [-0.15, -0.1) is 0 Å². The molecule has 0 saturated carbocycles. The zero-order valence-corrected chi connectivity index (χ0v) is 13.9. The lowest BCUT2D eigenvalue weighted by Crippen LogP contribution is -2.60. The van der Waals surface area contributed by atoms with E-state index in [1.807, 2.05) is 42.5 Å². The summed E-state index contributed by atoms with van der Waals surface area (Å²) < 4.78 is 0. The SMILES string of the molecule is CC1(C)c2ccccc2C(C)(c2ccccc2)C1(C(=O)O)C(=O)O. The third-order valence-corrected chi connectivity index (χ3v) is 5.82. The molecule has 0 aromatic heterocycles. The molecule has 2 N–H and O–H groups in total. The van der Waals surface area contributed by atoms with Crippen LogP contribution in [0.1, 0.15) is 37.5 Å². The molecule has 0 radical (unpaired) electrons. The fourth-order valence-electron chi connectivity index (χ4n) is 4.69. The van der Waals surface area contributed by atoms with Crippen LogP contribution in [0, 0.1) is 5.41 Å². The van der Waals surface area contributed by atoms with Gasteiger partial charge in [-0.3, -0.25) is 9.59 Å². The molecule has 0 fully saturated rings. The van der Waals surface area contributed by atoms with E-state index < -0.39 is 28.2 Å². The molecule has 24 heavy (non-hydrogen) atoms. The fraction of sp³-hybridized carbons (Fsp3) is 0.300. The van der Waals surface area contributed by atoms with Crippen molar-refractivity contribution in [3.8, 4) is 0 Å². The number of hydrogen-bond donors (Lipinski definition) is 2. The summed E-state index contributed by atoms with van der Waals surface area (Å²) >= 11 is 0. The number of benzene rings is 2. The molecule has 0 heterocycles.